The topological polar surface area (TPSA) is 93.7 Å². The number of amides is 1. The molecule has 0 radical (unpaired) electrons. The third-order valence-corrected chi connectivity index (χ3v) is 6.38. The average Bonchev–Trinajstić information content (AvgIpc) is 2.62. The number of ether oxygens (including phenoxy) is 2. The van der Waals surface area contributed by atoms with Crippen LogP contribution >= 0.6 is 0 Å². The van der Waals surface area contributed by atoms with E-state index in [9.17, 15) is 13.2 Å². The van der Waals surface area contributed by atoms with E-state index in [1.54, 1.807) is 6.92 Å². The Balaban J connectivity index is 2.02. The largest absolute Gasteiger partial charge is 0.493 e. The molecule has 0 bridgehead atoms. The van der Waals surface area contributed by atoms with Crippen LogP contribution in [0.2, 0.25) is 0 Å². The third-order valence-electron chi connectivity index (χ3n) is 4.84. The number of carbonyl (C=O) groups is 1. The third kappa shape index (κ3) is 6.10. The second kappa shape index (κ2) is 9.94. The van der Waals surface area contributed by atoms with E-state index in [2.05, 4.69) is 10.0 Å². The smallest absolute Gasteiger partial charge is 0.241 e. The molecule has 0 heterocycles. The van der Waals surface area contributed by atoms with Gasteiger partial charge in [-0.2, -0.15) is 4.72 Å². The molecule has 0 unspecified atom stereocenters. The number of benzene rings is 1. The van der Waals surface area contributed by atoms with Crippen molar-refractivity contribution in [1.29, 1.82) is 0 Å². The Hall–Kier alpha value is -1.80. The Morgan fingerprint density at radius 2 is 1.63 bits per heavy atom. The van der Waals surface area contributed by atoms with Gasteiger partial charge < -0.3 is 14.8 Å². The first-order valence-electron chi connectivity index (χ1n) is 9.42. The number of methoxy groups -OCH3 is 2. The van der Waals surface area contributed by atoms with E-state index < -0.39 is 16.1 Å². The van der Waals surface area contributed by atoms with Gasteiger partial charge in [-0.15, -0.1) is 0 Å². The van der Waals surface area contributed by atoms with Crippen molar-refractivity contribution in [3.8, 4) is 11.5 Å². The van der Waals surface area contributed by atoms with Crippen molar-refractivity contribution in [2.75, 3.05) is 14.2 Å². The minimum absolute atomic E-state index is 0.0192. The average molecular weight is 399 g/mol. The molecule has 1 aromatic carbocycles. The first-order valence-corrected chi connectivity index (χ1v) is 10.9. The number of carbonyl (C=O) groups excluding carboxylic acids is 1. The molecule has 2 rings (SSSR count). The highest BCUT2D eigenvalue weighted by Gasteiger charge is 2.25. The maximum atomic E-state index is 12.6. The zero-order chi connectivity index (χ0) is 19.9. The van der Waals surface area contributed by atoms with Crippen molar-refractivity contribution in [3.05, 3.63) is 18.2 Å². The molecule has 8 heteroatoms. The molecular formula is C19H30N2O5S. The summed E-state index contributed by atoms with van der Waals surface area (Å²) < 4.78 is 38.0. The molecule has 1 amide bonds. The van der Waals surface area contributed by atoms with Crippen LogP contribution in [0.4, 0.5) is 0 Å². The van der Waals surface area contributed by atoms with Crippen molar-refractivity contribution in [2.45, 2.75) is 68.8 Å². The minimum Gasteiger partial charge on any atom is -0.493 e. The van der Waals surface area contributed by atoms with Crippen LogP contribution in [-0.2, 0) is 14.8 Å². The summed E-state index contributed by atoms with van der Waals surface area (Å²) in [6, 6.07) is 3.57. The number of nitrogens with one attached hydrogen (secondary N) is 2. The summed E-state index contributed by atoms with van der Waals surface area (Å²) in [5.41, 5.74) is 0. The van der Waals surface area contributed by atoms with Crippen molar-refractivity contribution < 1.29 is 22.7 Å². The van der Waals surface area contributed by atoms with Gasteiger partial charge in [0.05, 0.1) is 25.2 Å². The molecule has 0 aromatic heterocycles. The lowest BCUT2D eigenvalue weighted by Crippen LogP contribution is -2.48. The van der Waals surface area contributed by atoms with Crippen LogP contribution in [0.15, 0.2) is 23.1 Å². The summed E-state index contributed by atoms with van der Waals surface area (Å²) >= 11 is 0. The molecule has 152 valence electrons. The zero-order valence-corrected chi connectivity index (χ0v) is 17.1. The second-order valence-corrected chi connectivity index (χ2v) is 8.62. The fraction of sp³-hybridized carbons (Fsp3) is 0.632. The van der Waals surface area contributed by atoms with Gasteiger partial charge in [0.2, 0.25) is 15.9 Å². The van der Waals surface area contributed by atoms with E-state index in [-0.39, 0.29) is 16.8 Å². The number of hydrogen-bond acceptors (Lipinski definition) is 5. The summed E-state index contributed by atoms with van der Waals surface area (Å²) in [5, 5.41) is 2.99. The van der Waals surface area contributed by atoms with E-state index in [0.29, 0.717) is 11.5 Å². The van der Waals surface area contributed by atoms with Crippen LogP contribution in [-0.4, -0.2) is 40.6 Å². The zero-order valence-electron chi connectivity index (χ0n) is 16.3. The van der Waals surface area contributed by atoms with Gasteiger partial charge in [-0.05, 0) is 31.9 Å². The van der Waals surface area contributed by atoms with Crippen LogP contribution in [0.25, 0.3) is 0 Å². The first kappa shape index (κ1) is 21.5. The lowest BCUT2D eigenvalue weighted by atomic mass is 9.96. The fourth-order valence-electron chi connectivity index (χ4n) is 3.26. The van der Waals surface area contributed by atoms with Gasteiger partial charge in [0, 0.05) is 12.1 Å². The van der Waals surface area contributed by atoms with Gasteiger partial charge in [-0.1, -0.05) is 32.1 Å². The molecule has 1 atom stereocenters. The van der Waals surface area contributed by atoms with Gasteiger partial charge in [0.1, 0.15) is 0 Å². The maximum Gasteiger partial charge on any atom is 0.241 e. The van der Waals surface area contributed by atoms with Crippen molar-refractivity contribution in [2.24, 2.45) is 0 Å². The molecule has 0 saturated heterocycles. The minimum atomic E-state index is -3.86. The van der Waals surface area contributed by atoms with Crippen molar-refractivity contribution in [1.82, 2.24) is 10.0 Å². The Morgan fingerprint density at radius 3 is 2.22 bits per heavy atom. The summed E-state index contributed by atoms with van der Waals surface area (Å²) in [5.74, 6) is 0.447. The molecule has 0 spiro atoms. The molecule has 27 heavy (non-hydrogen) atoms. The molecule has 1 saturated carbocycles. The van der Waals surface area contributed by atoms with Gasteiger partial charge >= 0.3 is 0 Å². The van der Waals surface area contributed by atoms with Crippen LogP contribution in [0.1, 0.15) is 51.9 Å². The summed E-state index contributed by atoms with van der Waals surface area (Å²) in [7, 11) is -0.947. The van der Waals surface area contributed by atoms with Gasteiger partial charge in [-0.25, -0.2) is 8.42 Å². The molecule has 1 aromatic rings. The normalized spacial score (nSPS) is 17.4. The van der Waals surface area contributed by atoms with Crippen molar-refractivity contribution >= 4 is 15.9 Å². The molecule has 7 nitrogen and oxygen atoms in total. The highest BCUT2D eigenvalue weighted by Crippen LogP contribution is 2.29. The maximum absolute atomic E-state index is 12.6. The number of sulfonamides is 1. The lowest BCUT2D eigenvalue weighted by Gasteiger charge is -2.23. The van der Waals surface area contributed by atoms with E-state index in [0.717, 1.165) is 25.7 Å². The molecule has 1 aliphatic carbocycles. The monoisotopic (exact) mass is 398 g/mol. The van der Waals surface area contributed by atoms with Gasteiger partial charge in [-0.3, -0.25) is 4.79 Å². The Kier molecular flexibility index (Phi) is 7.91. The fourth-order valence-corrected chi connectivity index (χ4v) is 4.48. The molecule has 1 aliphatic rings. The number of rotatable bonds is 7. The SMILES string of the molecule is COc1ccc(S(=O)(=O)N[C@@H](C)C(=O)NC2CCCCCCC2)cc1OC. The number of hydrogen-bond donors (Lipinski definition) is 2. The van der Waals surface area contributed by atoms with Gasteiger partial charge in [0.15, 0.2) is 11.5 Å². The van der Waals surface area contributed by atoms with Crippen LogP contribution in [0, 0.1) is 0 Å². The molecule has 2 N–H and O–H groups in total. The van der Waals surface area contributed by atoms with Crippen LogP contribution < -0.4 is 19.5 Å². The molecular weight excluding hydrogens is 368 g/mol. The molecule has 0 aliphatic heterocycles. The van der Waals surface area contributed by atoms with E-state index in [1.165, 1.54) is 51.7 Å². The second-order valence-electron chi connectivity index (χ2n) is 6.91. The van der Waals surface area contributed by atoms with Crippen LogP contribution in [0.5, 0.6) is 11.5 Å². The van der Waals surface area contributed by atoms with Gasteiger partial charge in [0.25, 0.3) is 0 Å². The predicted octanol–water partition coefficient (Wildman–Crippen LogP) is 2.60. The Labute approximate surface area is 161 Å². The Morgan fingerprint density at radius 1 is 1.04 bits per heavy atom. The quantitative estimate of drug-likeness (QED) is 0.736. The Bertz CT molecular complexity index is 728. The summed E-state index contributed by atoms with van der Waals surface area (Å²) in [6.45, 7) is 1.55. The molecule has 1 fully saturated rings. The predicted molar refractivity (Wildman–Crippen MR) is 104 cm³/mol. The standard InChI is InChI=1S/C19H30N2O5S/c1-14(19(22)20-15-9-7-5-4-6-8-10-15)21-27(23,24)16-11-12-17(25-2)18(13-16)26-3/h11-15,21H,4-10H2,1-3H3,(H,20,22)/t14-/m0/s1. The highest BCUT2D eigenvalue weighted by molar-refractivity contribution is 7.89. The van der Waals surface area contributed by atoms with E-state index >= 15 is 0 Å². The highest BCUT2D eigenvalue weighted by atomic mass is 32.2. The van der Waals surface area contributed by atoms with Crippen LogP contribution in [0.3, 0.4) is 0 Å². The lowest BCUT2D eigenvalue weighted by molar-refractivity contribution is -0.123. The van der Waals surface area contributed by atoms with E-state index in [1.807, 2.05) is 0 Å². The first-order chi connectivity index (χ1) is 12.9. The summed E-state index contributed by atoms with van der Waals surface area (Å²) in [4.78, 5) is 12.5. The van der Waals surface area contributed by atoms with Crippen molar-refractivity contribution in [3.63, 3.8) is 0 Å². The van der Waals surface area contributed by atoms with E-state index in [4.69, 9.17) is 9.47 Å². The summed E-state index contributed by atoms with van der Waals surface area (Å²) in [6.07, 6.45) is 7.71.